The van der Waals surface area contributed by atoms with Gasteiger partial charge in [-0.3, -0.25) is 4.79 Å². The van der Waals surface area contributed by atoms with Crippen LogP contribution in [0.5, 0.6) is 0 Å². The van der Waals surface area contributed by atoms with E-state index < -0.39 is 12.2 Å². The van der Waals surface area contributed by atoms with E-state index in [4.69, 9.17) is 5.73 Å². The third-order valence-electron chi connectivity index (χ3n) is 2.86. The highest BCUT2D eigenvalue weighted by Crippen LogP contribution is 2.34. The summed E-state index contributed by atoms with van der Waals surface area (Å²) in [7, 11) is 0. The molecular weight excluding hydrogens is 254 g/mol. The lowest BCUT2D eigenvalue weighted by Crippen LogP contribution is -2.22. The van der Waals surface area contributed by atoms with Crippen molar-refractivity contribution in [3.8, 4) is 0 Å². The van der Waals surface area contributed by atoms with Crippen molar-refractivity contribution in [1.82, 2.24) is 5.32 Å². The summed E-state index contributed by atoms with van der Waals surface area (Å²) in [5.41, 5.74) is 6.24. The topological polar surface area (TPSA) is 98.8 Å². The monoisotopic (exact) mass is 271 g/mol. The number of amides is 1. The van der Waals surface area contributed by atoms with Gasteiger partial charge in [0.05, 0.1) is 22.9 Å². The summed E-state index contributed by atoms with van der Waals surface area (Å²) < 4.78 is 0. The summed E-state index contributed by atoms with van der Waals surface area (Å²) in [4.78, 5) is 14.0. The Morgan fingerprint density at radius 2 is 2.17 bits per heavy atom. The molecule has 7 heteroatoms. The number of nitrogens with two attached hydrogens (primary N) is 1. The van der Waals surface area contributed by atoms with Gasteiger partial charge in [-0.25, -0.2) is 0 Å². The van der Waals surface area contributed by atoms with Crippen LogP contribution in [-0.2, 0) is 0 Å². The van der Waals surface area contributed by atoms with E-state index in [0.717, 1.165) is 5.00 Å². The molecule has 0 aliphatic carbocycles. The molecule has 1 aliphatic rings. The average molecular weight is 271 g/mol. The predicted octanol–water partition coefficient (Wildman–Crippen LogP) is -0.378. The van der Waals surface area contributed by atoms with Crippen LogP contribution in [0.3, 0.4) is 0 Å². The lowest BCUT2D eigenvalue weighted by molar-refractivity contribution is 0.0572. The van der Waals surface area contributed by atoms with Gasteiger partial charge < -0.3 is 26.2 Å². The molecule has 0 radical (unpaired) electrons. The number of nitrogen functional groups attached to an aromatic ring is 1. The fourth-order valence-corrected chi connectivity index (χ4v) is 2.93. The zero-order valence-electron chi connectivity index (χ0n) is 10.1. The van der Waals surface area contributed by atoms with E-state index in [9.17, 15) is 15.0 Å². The first kappa shape index (κ1) is 13.1. The molecule has 100 valence electrons. The van der Waals surface area contributed by atoms with Crippen LogP contribution in [0, 0.1) is 0 Å². The van der Waals surface area contributed by atoms with Crippen LogP contribution in [0.1, 0.15) is 16.6 Å². The number of β-amino-alcohol motifs (C(OH)–C–C–N with tert-alkyl or cyclic N) is 2. The van der Waals surface area contributed by atoms with E-state index in [2.05, 4.69) is 5.32 Å². The first-order valence-electron chi connectivity index (χ1n) is 5.81. The molecule has 1 aliphatic heterocycles. The number of aliphatic hydroxyl groups is 2. The lowest BCUT2D eigenvalue weighted by atomic mass is 10.3. The van der Waals surface area contributed by atoms with Crippen molar-refractivity contribution in [3.05, 3.63) is 10.9 Å². The summed E-state index contributed by atoms with van der Waals surface area (Å²) in [6.45, 7) is 3.11. The van der Waals surface area contributed by atoms with Crippen LogP contribution < -0.4 is 16.0 Å². The molecule has 1 aromatic rings. The predicted molar refractivity (Wildman–Crippen MR) is 71.0 cm³/mol. The Balaban J connectivity index is 2.16. The molecule has 18 heavy (non-hydrogen) atoms. The highest BCUT2D eigenvalue weighted by Gasteiger charge is 2.31. The minimum atomic E-state index is -0.749. The number of thiophene rings is 1. The van der Waals surface area contributed by atoms with Crippen molar-refractivity contribution >= 4 is 27.9 Å². The van der Waals surface area contributed by atoms with Crippen LogP contribution >= 0.6 is 11.3 Å². The number of carbonyl (C=O) groups excluding carboxylic acids is 1. The fraction of sp³-hybridized carbons (Fsp3) is 0.545. The van der Waals surface area contributed by atoms with Crippen LogP contribution in [0.25, 0.3) is 0 Å². The summed E-state index contributed by atoms with van der Waals surface area (Å²) >= 11 is 1.28. The van der Waals surface area contributed by atoms with Gasteiger partial charge in [-0.1, -0.05) is 0 Å². The highest BCUT2D eigenvalue weighted by atomic mass is 32.1. The molecule has 2 atom stereocenters. The Bertz CT molecular complexity index is 439. The molecule has 1 aromatic heterocycles. The van der Waals surface area contributed by atoms with Crippen molar-refractivity contribution < 1.29 is 15.0 Å². The molecule has 0 bridgehead atoms. The van der Waals surface area contributed by atoms with Crippen LogP contribution in [0.15, 0.2) is 6.07 Å². The molecule has 2 unspecified atom stereocenters. The second-order valence-electron chi connectivity index (χ2n) is 4.27. The van der Waals surface area contributed by atoms with E-state index in [-0.39, 0.29) is 5.91 Å². The third-order valence-corrected chi connectivity index (χ3v) is 4.07. The van der Waals surface area contributed by atoms with Crippen molar-refractivity contribution in [1.29, 1.82) is 0 Å². The van der Waals surface area contributed by atoms with Crippen molar-refractivity contribution in [2.24, 2.45) is 0 Å². The maximum absolute atomic E-state index is 11.7. The number of nitrogens with one attached hydrogen (secondary N) is 1. The molecule has 1 amide bonds. The molecular formula is C11H17N3O3S. The summed E-state index contributed by atoms with van der Waals surface area (Å²) in [5, 5.41) is 22.5. The van der Waals surface area contributed by atoms with E-state index >= 15 is 0 Å². The summed E-state index contributed by atoms with van der Waals surface area (Å²) in [6.07, 6.45) is -1.50. The highest BCUT2D eigenvalue weighted by molar-refractivity contribution is 7.18. The molecule has 0 spiro atoms. The van der Waals surface area contributed by atoms with Gasteiger partial charge in [0.1, 0.15) is 4.88 Å². The van der Waals surface area contributed by atoms with E-state index in [1.807, 2.05) is 11.8 Å². The number of carbonyl (C=O) groups is 1. The molecule has 2 rings (SSSR count). The van der Waals surface area contributed by atoms with Gasteiger partial charge in [0.2, 0.25) is 0 Å². The number of hydrogen-bond donors (Lipinski definition) is 4. The largest absolute Gasteiger partial charge is 0.397 e. The standard InChI is InChI=1S/C11H17N3O3S/c1-2-13-11(17)10-6(12)3-9(18-10)14-4-7(15)8(16)5-14/h3,7-8,15-16H,2,4-5,12H2,1H3,(H,13,17). The van der Waals surface area contributed by atoms with Gasteiger partial charge >= 0.3 is 0 Å². The molecule has 5 N–H and O–H groups in total. The number of nitrogens with zero attached hydrogens (tertiary/aromatic N) is 1. The first-order valence-corrected chi connectivity index (χ1v) is 6.63. The quantitative estimate of drug-likeness (QED) is 0.601. The van der Waals surface area contributed by atoms with Gasteiger partial charge in [-0.15, -0.1) is 11.3 Å². The van der Waals surface area contributed by atoms with Crippen LogP contribution in [0.2, 0.25) is 0 Å². The summed E-state index contributed by atoms with van der Waals surface area (Å²) in [6, 6.07) is 1.71. The first-order chi connectivity index (χ1) is 8.52. The second kappa shape index (κ2) is 5.13. The summed E-state index contributed by atoms with van der Waals surface area (Å²) in [5.74, 6) is -0.188. The Hall–Kier alpha value is -1.31. The average Bonchev–Trinajstić information content (AvgIpc) is 2.84. The molecule has 1 fully saturated rings. The molecule has 0 aromatic carbocycles. The van der Waals surface area contributed by atoms with Gasteiger partial charge in [0.25, 0.3) is 5.91 Å². The maximum atomic E-state index is 11.7. The van der Waals surface area contributed by atoms with Crippen LogP contribution in [0.4, 0.5) is 10.7 Å². The minimum Gasteiger partial charge on any atom is -0.397 e. The van der Waals surface area contributed by atoms with E-state index in [1.165, 1.54) is 11.3 Å². The van der Waals surface area contributed by atoms with Gasteiger partial charge in [-0.05, 0) is 13.0 Å². The van der Waals surface area contributed by atoms with Crippen molar-refractivity contribution in [3.63, 3.8) is 0 Å². The number of rotatable bonds is 3. The van der Waals surface area contributed by atoms with Gasteiger partial charge in [0.15, 0.2) is 0 Å². The molecule has 1 saturated heterocycles. The number of aliphatic hydroxyl groups excluding tert-OH is 2. The Morgan fingerprint density at radius 1 is 1.56 bits per heavy atom. The van der Waals surface area contributed by atoms with E-state index in [0.29, 0.717) is 30.2 Å². The van der Waals surface area contributed by atoms with Crippen molar-refractivity contribution in [2.75, 3.05) is 30.3 Å². The Labute approximate surface area is 109 Å². The zero-order chi connectivity index (χ0) is 13.3. The number of anilines is 2. The van der Waals surface area contributed by atoms with Crippen molar-refractivity contribution in [2.45, 2.75) is 19.1 Å². The number of hydrogen-bond acceptors (Lipinski definition) is 6. The third kappa shape index (κ3) is 2.43. The lowest BCUT2D eigenvalue weighted by Gasteiger charge is -2.14. The van der Waals surface area contributed by atoms with Gasteiger partial charge in [0, 0.05) is 19.6 Å². The molecule has 0 saturated carbocycles. The fourth-order valence-electron chi connectivity index (χ4n) is 1.92. The molecule has 6 nitrogen and oxygen atoms in total. The van der Waals surface area contributed by atoms with E-state index in [1.54, 1.807) is 6.07 Å². The normalized spacial score (nSPS) is 23.4. The minimum absolute atomic E-state index is 0.188. The van der Waals surface area contributed by atoms with Crippen LogP contribution in [-0.4, -0.2) is 48.0 Å². The smallest absolute Gasteiger partial charge is 0.263 e. The maximum Gasteiger partial charge on any atom is 0.263 e. The van der Waals surface area contributed by atoms with Gasteiger partial charge in [-0.2, -0.15) is 0 Å². The Kier molecular flexibility index (Phi) is 3.74. The zero-order valence-corrected chi connectivity index (χ0v) is 10.9. The Morgan fingerprint density at radius 3 is 2.72 bits per heavy atom. The molecule has 2 heterocycles. The SMILES string of the molecule is CCNC(=O)c1sc(N2CC(O)C(O)C2)cc1N. The second-order valence-corrected chi connectivity index (χ2v) is 5.30.